The van der Waals surface area contributed by atoms with Crippen LogP contribution >= 0.6 is 0 Å². The topological polar surface area (TPSA) is 73.4 Å². The maximum absolute atomic E-state index is 11.6. The predicted molar refractivity (Wildman–Crippen MR) is 111 cm³/mol. The van der Waals surface area contributed by atoms with Crippen molar-refractivity contribution in [2.24, 2.45) is 0 Å². The minimum Gasteiger partial charge on any atom is -0.368 e. The van der Waals surface area contributed by atoms with Gasteiger partial charge in [0.25, 0.3) is 0 Å². The average molecular weight is 377 g/mol. The van der Waals surface area contributed by atoms with Crippen LogP contribution in [0.15, 0.2) is 6.20 Å². The smallest absolute Gasteiger partial charge is 0.224 e. The molecule has 0 aliphatic carbocycles. The van der Waals surface area contributed by atoms with Gasteiger partial charge in [0, 0.05) is 63.0 Å². The second-order valence-electron chi connectivity index (χ2n) is 7.84. The first-order valence-corrected chi connectivity index (χ1v) is 10.2. The third-order valence-electron chi connectivity index (χ3n) is 5.02. The fraction of sp³-hybridized carbons (Fsp3) is 0.750. The highest BCUT2D eigenvalue weighted by Crippen LogP contribution is 2.13. The quantitative estimate of drug-likeness (QED) is 0.579. The van der Waals surface area contributed by atoms with Crippen molar-refractivity contribution in [1.29, 1.82) is 0 Å². The van der Waals surface area contributed by atoms with Crippen molar-refractivity contribution >= 4 is 17.7 Å². The summed E-state index contributed by atoms with van der Waals surface area (Å²) in [5.74, 6) is 1.81. The molecule has 0 spiro atoms. The van der Waals surface area contributed by atoms with Crippen molar-refractivity contribution in [1.82, 2.24) is 19.8 Å². The van der Waals surface area contributed by atoms with Crippen LogP contribution in [0.4, 0.5) is 11.8 Å². The summed E-state index contributed by atoms with van der Waals surface area (Å²) < 4.78 is 0. The molecule has 0 saturated carbocycles. The van der Waals surface area contributed by atoms with E-state index in [1.54, 1.807) is 0 Å². The van der Waals surface area contributed by atoms with Crippen LogP contribution in [0.3, 0.4) is 0 Å². The minimum absolute atomic E-state index is 0.282. The molecule has 7 heteroatoms. The minimum atomic E-state index is 0.282. The molecule has 152 valence electrons. The molecular formula is C20H36N6O. The van der Waals surface area contributed by atoms with Gasteiger partial charge in [-0.2, -0.15) is 4.98 Å². The number of nitrogens with zero attached hydrogens (tertiary/aromatic N) is 4. The van der Waals surface area contributed by atoms with Gasteiger partial charge in [0.15, 0.2) is 0 Å². The Labute approximate surface area is 163 Å². The van der Waals surface area contributed by atoms with Gasteiger partial charge in [0.2, 0.25) is 11.9 Å². The van der Waals surface area contributed by atoms with Crippen molar-refractivity contribution < 1.29 is 4.79 Å². The molecule has 0 unspecified atom stereocenters. The van der Waals surface area contributed by atoms with Crippen LogP contribution in [0, 0.1) is 6.92 Å². The van der Waals surface area contributed by atoms with E-state index in [1.165, 1.54) is 0 Å². The third-order valence-corrected chi connectivity index (χ3v) is 5.02. The van der Waals surface area contributed by atoms with Gasteiger partial charge in [-0.3, -0.25) is 9.69 Å². The number of hydrogen-bond donors (Lipinski definition) is 2. The molecule has 2 rings (SSSR count). The summed E-state index contributed by atoms with van der Waals surface area (Å²) in [6.07, 6.45) is 4.45. The van der Waals surface area contributed by atoms with E-state index in [0.717, 1.165) is 56.9 Å². The Morgan fingerprint density at radius 1 is 1.19 bits per heavy atom. The molecule has 0 radical (unpaired) electrons. The SMILES string of the molecule is Cc1cnc(NCCCN2CCCC2=O)nc1NCCN(C(C)C)C(C)C. The summed E-state index contributed by atoms with van der Waals surface area (Å²) in [7, 11) is 0. The third kappa shape index (κ3) is 6.65. The summed E-state index contributed by atoms with van der Waals surface area (Å²) in [5, 5.41) is 6.72. The molecule has 1 fully saturated rings. The lowest BCUT2D eigenvalue weighted by molar-refractivity contribution is -0.127. The lowest BCUT2D eigenvalue weighted by Crippen LogP contribution is -2.40. The molecule has 1 aliphatic heterocycles. The molecule has 2 heterocycles. The van der Waals surface area contributed by atoms with Gasteiger partial charge in [-0.15, -0.1) is 0 Å². The van der Waals surface area contributed by atoms with Crippen LogP contribution in [0.25, 0.3) is 0 Å². The molecule has 1 saturated heterocycles. The van der Waals surface area contributed by atoms with Crippen LogP contribution in [0.5, 0.6) is 0 Å². The van der Waals surface area contributed by atoms with Crippen molar-refractivity contribution in [3.8, 4) is 0 Å². The van der Waals surface area contributed by atoms with Gasteiger partial charge in [-0.05, 0) is 47.5 Å². The highest BCUT2D eigenvalue weighted by molar-refractivity contribution is 5.78. The highest BCUT2D eigenvalue weighted by atomic mass is 16.2. The fourth-order valence-corrected chi connectivity index (χ4v) is 3.53. The first-order valence-electron chi connectivity index (χ1n) is 10.2. The number of amides is 1. The van der Waals surface area contributed by atoms with Crippen molar-refractivity contribution in [2.75, 3.05) is 43.4 Å². The zero-order valence-electron chi connectivity index (χ0n) is 17.6. The number of nitrogens with one attached hydrogen (secondary N) is 2. The van der Waals surface area contributed by atoms with Crippen LogP contribution in [0.2, 0.25) is 0 Å². The Balaban J connectivity index is 1.78. The fourth-order valence-electron chi connectivity index (χ4n) is 3.53. The summed E-state index contributed by atoms with van der Waals surface area (Å²) in [6, 6.07) is 1.05. The van der Waals surface area contributed by atoms with Crippen LogP contribution in [-0.4, -0.2) is 70.5 Å². The van der Waals surface area contributed by atoms with Crippen molar-refractivity contribution in [3.05, 3.63) is 11.8 Å². The van der Waals surface area contributed by atoms with E-state index < -0.39 is 0 Å². The summed E-state index contributed by atoms with van der Waals surface area (Å²) in [4.78, 5) is 25.0. The molecule has 0 bridgehead atoms. The lowest BCUT2D eigenvalue weighted by atomic mass is 10.2. The highest BCUT2D eigenvalue weighted by Gasteiger charge is 2.19. The monoisotopic (exact) mass is 376 g/mol. The van der Waals surface area contributed by atoms with Gasteiger partial charge < -0.3 is 15.5 Å². The van der Waals surface area contributed by atoms with E-state index in [-0.39, 0.29) is 5.91 Å². The molecule has 1 aromatic rings. The number of aromatic nitrogens is 2. The lowest BCUT2D eigenvalue weighted by Gasteiger charge is -2.30. The molecule has 1 amide bonds. The molecular weight excluding hydrogens is 340 g/mol. The van der Waals surface area contributed by atoms with Gasteiger partial charge in [-0.1, -0.05) is 0 Å². The molecule has 2 N–H and O–H groups in total. The molecule has 0 atom stereocenters. The number of carbonyl (C=O) groups excluding carboxylic acids is 1. The molecule has 7 nitrogen and oxygen atoms in total. The van der Waals surface area contributed by atoms with Gasteiger partial charge >= 0.3 is 0 Å². The Kier molecular flexibility index (Phi) is 8.28. The number of hydrogen-bond acceptors (Lipinski definition) is 6. The van der Waals surface area contributed by atoms with Crippen LogP contribution in [-0.2, 0) is 4.79 Å². The number of aryl methyl sites for hydroxylation is 1. The molecule has 27 heavy (non-hydrogen) atoms. The largest absolute Gasteiger partial charge is 0.368 e. The van der Waals surface area contributed by atoms with E-state index in [1.807, 2.05) is 18.0 Å². The first-order chi connectivity index (χ1) is 12.9. The normalized spacial score (nSPS) is 14.7. The Bertz CT molecular complexity index is 596. The summed E-state index contributed by atoms with van der Waals surface area (Å²) in [6.45, 7) is 15.2. The van der Waals surface area contributed by atoms with Crippen LogP contribution < -0.4 is 10.6 Å². The van der Waals surface area contributed by atoms with Gasteiger partial charge in [0.1, 0.15) is 5.82 Å². The molecule has 1 aromatic heterocycles. The summed E-state index contributed by atoms with van der Waals surface area (Å²) in [5.41, 5.74) is 1.05. The number of carbonyl (C=O) groups is 1. The maximum Gasteiger partial charge on any atom is 0.224 e. The maximum atomic E-state index is 11.6. The number of anilines is 2. The Hall–Kier alpha value is -1.89. The van der Waals surface area contributed by atoms with Crippen molar-refractivity contribution in [3.63, 3.8) is 0 Å². The standard InChI is InChI=1S/C20H36N6O/c1-15(2)26(16(3)4)13-10-21-19-17(5)14-23-20(24-19)22-9-7-12-25-11-6-8-18(25)27/h14-16H,6-13H2,1-5H3,(H2,21,22,23,24). The number of rotatable bonds is 11. The van der Waals surface area contributed by atoms with E-state index in [9.17, 15) is 4.79 Å². The van der Waals surface area contributed by atoms with E-state index in [0.29, 0.717) is 24.5 Å². The van der Waals surface area contributed by atoms with Crippen LogP contribution in [0.1, 0.15) is 52.5 Å². The predicted octanol–water partition coefficient (Wildman–Crippen LogP) is 2.74. The number of likely N-dealkylation sites (tertiary alicyclic amines) is 1. The second kappa shape index (κ2) is 10.4. The molecule has 1 aliphatic rings. The molecule has 0 aromatic carbocycles. The van der Waals surface area contributed by atoms with Crippen molar-refractivity contribution in [2.45, 2.75) is 66.0 Å². The average Bonchev–Trinajstić information content (AvgIpc) is 3.02. The second-order valence-corrected chi connectivity index (χ2v) is 7.84. The first kappa shape index (κ1) is 21.4. The van der Waals surface area contributed by atoms with E-state index in [2.05, 4.69) is 53.2 Å². The Morgan fingerprint density at radius 3 is 2.56 bits per heavy atom. The van der Waals surface area contributed by atoms with E-state index in [4.69, 9.17) is 0 Å². The van der Waals surface area contributed by atoms with E-state index >= 15 is 0 Å². The Morgan fingerprint density at radius 2 is 1.93 bits per heavy atom. The summed E-state index contributed by atoms with van der Waals surface area (Å²) >= 11 is 0. The van der Waals surface area contributed by atoms with Gasteiger partial charge in [0.05, 0.1) is 0 Å². The zero-order valence-corrected chi connectivity index (χ0v) is 17.6. The zero-order chi connectivity index (χ0) is 19.8. The van der Waals surface area contributed by atoms with Gasteiger partial charge in [-0.25, -0.2) is 4.98 Å².